The van der Waals surface area contributed by atoms with E-state index in [-0.39, 0.29) is 50.5 Å². The van der Waals surface area contributed by atoms with Crippen LogP contribution in [-0.4, -0.2) is 197 Å². The van der Waals surface area contributed by atoms with E-state index in [1.807, 2.05) is 37.3 Å². The SMILES string of the molecule is CO[C@@H]1[C@@H](O)[C@H](O[C@@H]2[C@@H](C)O[C@@H](O[C@H]3[C@@H](O)C[C@H](O[C@H]4[C@@H](OC)C[C@H](O[C@H]5CC[C@@]6(C)[C@@H](CC[C@]7(O)[C@@H]6C[C@@H](OC(=O)C=Cc6ccccc6)[C@@]6(C)[C@]7(O)CC[C@@]6(O)C(C)=O)C5)O[C@@H]4C)O[C@@H]3C)C[C@H]2OC)O[C@H](C)[C@H]1O. The van der Waals surface area contributed by atoms with Gasteiger partial charge in [-0.3, -0.25) is 4.79 Å². The number of benzene rings is 1. The molecule has 8 fully saturated rings. The minimum absolute atomic E-state index is 0.0323. The van der Waals surface area contributed by atoms with Crippen molar-refractivity contribution in [2.24, 2.45) is 22.7 Å². The van der Waals surface area contributed by atoms with Gasteiger partial charge in [-0.2, -0.15) is 0 Å². The average molecular weight is 1090 g/mol. The molecule has 20 heteroatoms. The quantitative estimate of drug-likeness (QED) is 0.0832. The average Bonchev–Trinajstić information content (AvgIpc) is 3.44. The van der Waals surface area contributed by atoms with E-state index >= 15 is 0 Å². The van der Waals surface area contributed by atoms with Gasteiger partial charge in [0.05, 0.1) is 59.8 Å². The van der Waals surface area contributed by atoms with Crippen LogP contribution >= 0.6 is 0 Å². The first kappa shape index (κ1) is 59.1. The van der Waals surface area contributed by atoms with Gasteiger partial charge in [-0.1, -0.05) is 37.3 Å². The summed E-state index contributed by atoms with van der Waals surface area (Å²) >= 11 is 0. The number of aliphatic hydroxyl groups excluding tert-OH is 3. The number of ketones is 1. The summed E-state index contributed by atoms with van der Waals surface area (Å²) < 4.78 is 74.2. The topological polar surface area (TPSA) is 266 Å². The Labute approximate surface area is 452 Å². The number of ether oxygens (including phenoxy) is 12. The van der Waals surface area contributed by atoms with Crippen LogP contribution in [0.25, 0.3) is 6.08 Å². The van der Waals surface area contributed by atoms with E-state index in [4.69, 9.17) is 56.8 Å². The van der Waals surface area contributed by atoms with E-state index in [1.165, 1.54) is 20.1 Å². The monoisotopic (exact) mass is 1090 g/mol. The molecule has 26 atom stereocenters. The molecule has 4 aliphatic heterocycles. The maximum absolute atomic E-state index is 13.6. The Kier molecular flexibility index (Phi) is 17.6. The van der Waals surface area contributed by atoms with Crippen molar-refractivity contribution in [3.8, 4) is 0 Å². The maximum atomic E-state index is 13.6. The van der Waals surface area contributed by atoms with Crippen LogP contribution < -0.4 is 0 Å². The van der Waals surface area contributed by atoms with Crippen molar-refractivity contribution in [3.05, 3.63) is 42.0 Å². The van der Waals surface area contributed by atoms with E-state index in [9.17, 15) is 40.2 Å². The van der Waals surface area contributed by atoms with E-state index in [1.54, 1.807) is 48.0 Å². The molecular formula is C57H86O20. The van der Waals surface area contributed by atoms with Crippen LogP contribution in [0.1, 0.15) is 125 Å². The van der Waals surface area contributed by atoms with Crippen molar-refractivity contribution in [1.82, 2.24) is 0 Å². The van der Waals surface area contributed by atoms with Crippen LogP contribution in [0, 0.1) is 22.7 Å². The lowest BCUT2D eigenvalue weighted by Gasteiger charge is -2.69. The summed E-state index contributed by atoms with van der Waals surface area (Å²) in [5.74, 6) is -1.68. The predicted molar refractivity (Wildman–Crippen MR) is 272 cm³/mol. The minimum Gasteiger partial charge on any atom is -0.458 e. The molecule has 0 radical (unpaired) electrons. The zero-order valence-corrected chi connectivity index (χ0v) is 46.3. The molecule has 1 aromatic rings. The second-order valence-electron chi connectivity index (χ2n) is 24.0. The number of aliphatic hydroxyl groups is 6. The van der Waals surface area contributed by atoms with Gasteiger partial charge >= 0.3 is 5.97 Å². The third-order valence-corrected chi connectivity index (χ3v) is 20.0. The van der Waals surface area contributed by atoms with Gasteiger partial charge in [-0.25, -0.2) is 4.79 Å². The Morgan fingerprint density at radius 1 is 0.636 bits per heavy atom. The van der Waals surface area contributed by atoms with E-state index in [0.717, 1.165) is 5.56 Å². The van der Waals surface area contributed by atoms with Crippen molar-refractivity contribution in [2.75, 3.05) is 21.3 Å². The molecule has 0 amide bonds. The summed E-state index contributed by atoms with van der Waals surface area (Å²) in [5, 5.41) is 71.0. The molecule has 0 spiro atoms. The van der Waals surface area contributed by atoms with Gasteiger partial charge in [0.25, 0.3) is 0 Å². The van der Waals surface area contributed by atoms with Crippen LogP contribution in [0.15, 0.2) is 36.4 Å². The molecule has 8 aliphatic rings. The number of fused-ring (bicyclic) bond motifs is 5. The van der Waals surface area contributed by atoms with Crippen molar-refractivity contribution in [2.45, 2.75) is 253 Å². The number of esters is 1. The Bertz CT molecular complexity index is 2210. The standard InChI is InChI=1S/C57H86O20/c1-29-46(61)51(68-10)47(62)52(72-29)77-50-32(4)71-45(27-39(50)67-9)75-48-30(2)69-43(25-37(48)59)76-49-31(3)70-44(26-38(49)66-8)73-36-19-20-53(6)35(24-36)18-21-56(64)40(53)28-41(74-42(60)17-16-34-14-12-11-13-15-34)54(7)55(63,33(5)58)22-23-57(54,56)65/h11-17,29-32,35-41,43-52,59,61-65H,18-28H2,1-10H3/t29-,30-,31-,32-,35+,36+,37+,38+,39-,40-,41-,43+,44+,45+,46-,47-,48-,49-,50-,51+,52+,53+,54-,55-,56+,57-/m1/s1. The summed E-state index contributed by atoms with van der Waals surface area (Å²) in [6, 6.07) is 9.29. The van der Waals surface area contributed by atoms with Gasteiger partial charge in [-0.15, -0.1) is 0 Å². The molecule has 4 saturated carbocycles. The maximum Gasteiger partial charge on any atom is 0.331 e. The van der Waals surface area contributed by atoms with Gasteiger partial charge in [0.2, 0.25) is 0 Å². The number of rotatable bonds is 15. The first-order valence-corrected chi connectivity index (χ1v) is 27.9. The predicted octanol–water partition coefficient (Wildman–Crippen LogP) is 3.63. The minimum atomic E-state index is -2.04. The molecule has 20 nitrogen and oxygen atoms in total. The first-order chi connectivity index (χ1) is 36.4. The van der Waals surface area contributed by atoms with Gasteiger partial charge in [0.1, 0.15) is 53.9 Å². The Hall–Kier alpha value is -2.58. The van der Waals surface area contributed by atoms with E-state index < -0.39 is 156 Å². The van der Waals surface area contributed by atoms with Gasteiger partial charge < -0.3 is 87.5 Å². The lowest BCUT2D eigenvalue weighted by atomic mass is 9.40. The number of carbonyl (C=O) groups excluding carboxylic acids is 2. The van der Waals surface area contributed by atoms with Crippen LogP contribution in [0.4, 0.5) is 0 Å². The molecule has 9 rings (SSSR count). The second kappa shape index (κ2) is 23.0. The highest BCUT2D eigenvalue weighted by Gasteiger charge is 2.82. The van der Waals surface area contributed by atoms with Crippen molar-refractivity contribution < 1.29 is 97.1 Å². The molecule has 0 unspecified atom stereocenters. The summed E-state index contributed by atoms with van der Waals surface area (Å²) in [6.45, 7) is 12.2. The highest BCUT2D eigenvalue weighted by molar-refractivity contribution is 5.88. The smallest absolute Gasteiger partial charge is 0.331 e. The lowest BCUT2D eigenvalue weighted by molar-refractivity contribution is -0.355. The molecule has 0 aromatic heterocycles. The summed E-state index contributed by atoms with van der Waals surface area (Å²) in [5.41, 5.74) is -7.07. The van der Waals surface area contributed by atoms with Crippen molar-refractivity contribution in [1.29, 1.82) is 0 Å². The van der Waals surface area contributed by atoms with Crippen molar-refractivity contribution >= 4 is 17.8 Å². The Morgan fingerprint density at radius 3 is 1.84 bits per heavy atom. The molecule has 0 bridgehead atoms. The summed E-state index contributed by atoms with van der Waals surface area (Å²) in [6.07, 6.45) is -7.72. The highest BCUT2D eigenvalue weighted by atomic mass is 16.8. The van der Waals surface area contributed by atoms with Crippen LogP contribution in [0.2, 0.25) is 0 Å². The molecule has 1 aromatic carbocycles. The highest BCUT2D eigenvalue weighted by Crippen LogP contribution is 2.72. The van der Waals surface area contributed by atoms with Gasteiger partial charge in [0.15, 0.2) is 30.9 Å². The summed E-state index contributed by atoms with van der Waals surface area (Å²) in [7, 11) is 4.56. The fourth-order valence-corrected chi connectivity index (χ4v) is 15.4. The van der Waals surface area contributed by atoms with Crippen LogP contribution in [0.5, 0.6) is 0 Å². The number of methoxy groups -OCH3 is 3. The van der Waals surface area contributed by atoms with E-state index in [2.05, 4.69) is 6.92 Å². The Morgan fingerprint density at radius 2 is 1.23 bits per heavy atom. The Balaban J connectivity index is 0.793. The van der Waals surface area contributed by atoms with Gasteiger partial charge in [0, 0.05) is 46.7 Å². The third-order valence-electron chi connectivity index (χ3n) is 20.0. The molecule has 4 heterocycles. The number of hydrogen-bond acceptors (Lipinski definition) is 20. The normalized spacial score (nSPS) is 50.1. The third kappa shape index (κ3) is 10.5. The molecule has 6 N–H and O–H groups in total. The zero-order chi connectivity index (χ0) is 55.6. The molecule has 434 valence electrons. The van der Waals surface area contributed by atoms with E-state index in [0.29, 0.717) is 32.1 Å². The molecule has 77 heavy (non-hydrogen) atoms. The van der Waals surface area contributed by atoms with Crippen LogP contribution in [0.3, 0.4) is 0 Å². The fraction of sp³-hybridized carbons (Fsp3) is 0.825. The molecular weight excluding hydrogens is 1000 g/mol. The number of Topliss-reactive ketones (excluding diaryl/α,β-unsaturated/α-hetero) is 1. The zero-order valence-electron chi connectivity index (χ0n) is 46.3. The fourth-order valence-electron chi connectivity index (χ4n) is 15.4. The lowest BCUT2D eigenvalue weighted by Crippen LogP contribution is -2.79. The summed E-state index contributed by atoms with van der Waals surface area (Å²) in [4.78, 5) is 27.0. The number of hydrogen-bond donors (Lipinski definition) is 6. The van der Waals surface area contributed by atoms with Crippen molar-refractivity contribution in [3.63, 3.8) is 0 Å². The molecule has 4 aliphatic carbocycles. The van der Waals surface area contributed by atoms with Crippen LogP contribution in [-0.2, 0) is 66.4 Å². The second-order valence-corrected chi connectivity index (χ2v) is 24.0. The number of carbonyl (C=O) groups is 2. The largest absolute Gasteiger partial charge is 0.458 e. The van der Waals surface area contributed by atoms with Gasteiger partial charge in [-0.05, 0) is 122 Å². The molecule has 4 saturated heterocycles. The first-order valence-electron chi connectivity index (χ1n) is 27.9.